The van der Waals surface area contributed by atoms with Crippen LogP contribution in [0.5, 0.6) is 0 Å². The molecule has 62 valence electrons. The molecule has 0 aromatic heterocycles. The Morgan fingerprint density at radius 2 is 2.00 bits per heavy atom. The zero-order valence-electron chi connectivity index (χ0n) is 6.89. The Morgan fingerprint density at radius 1 is 1.40 bits per heavy atom. The fourth-order valence-electron chi connectivity index (χ4n) is 0.647. The summed E-state index contributed by atoms with van der Waals surface area (Å²) in [7, 11) is 3.78. The largest absolute Gasteiger partial charge is 0.173 e. The lowest BCUT2D eigenvalue weighted by atomic mass is 10.1. The van der Waals surface area contributed by atoms with Crippen LogP contribution in [0, 0.1) is 0 Å². The van der Waals surface area contributed by atoms with Gasteiger partial charge in [0.25, 0.3) is 0 Å². The first kappa shape index (κ1) is 11.1. The van der Waals surface area contributed by atoms with Crippen LogP contribution >= 0.6 is 34.2 Å². The quantitative estimate of drug-likeness (QED) is 0.406. The van der Waals surface area contributed by atoms with Crippen LogP contribution in [0.15, 0.2) is 0 Å². The summed E-state index contributed by atoms with van der Waals surface area (Å²) < 4.78 is 0.221. The summed E-state index contributed by atoms with van der Waals surface area (Å²) in [5.41, 5.74) is 0. The van der Waals surface area contributed by atoms with Gasteiger partial charge in [-0.3, -0.25) is 0 Å². The van der Waals surface area contributed by atoms with E-state index in [0.29, 0.717) is 0 Å². The average Bonchev–Trinajstić information content (AvgIpc) is 1.78. The zero-order chi connectivity index (χ0) is 8.04. The predicted octanol–water partition coefficient (Wildman–Crippen LogP) is 3.49. The molecule has 0 amide bonds. The third kappa shape index (κ3) is 9.05. The zero-order valence-corrected chi connectivity index (χ0v) is 9.41. The van der Waals surface area contributed by atoms with E-state index in [-0.39, 0.29) is 4.75 Å². The van der Waals surface area contributed by atoms with Crippen LogP contribution < -0.4 is 0 Å². The van der Waals surface area contributed by atoms with E-state index in [4.69, 9.17) is 0 Å². The van der Waals surface area contributed by atoms with Gasteiger partial charge < -0.3 is 0 Å². The molecule has 0 radical (unpaired) electrons. The van der Waals surface area contributed by atoms with Gasteiger partial charge in [-0.25, -0.2) is 0 Å². The van der Waals surface area contributed by atoms with E-state index in [9.17, 15) is 0 Å². The molecule has 0 fully saturated rings. The van der Waals surface area contributed by atoms with Crippen LogP contribution in [0.4, 0.5) is 0 Å². The fraction of sp³-hybridized carbons (Fsp3) is 1.00. The van der Waals surface area contributed by atoms with E-state index in [2.05, 4.69) is 32.7 Å². The third-order valence-electron chi connectivity index (χ3n) is 1.13. The minimum atomic E-state index is 0.221. The summed E-state index contributed by atoms with van der Waals surface area (Å²) in [5.74, 6) is 1.26. The molecule has 0 rings (SSSR count). The molecule has 0 unspecified atom stereocenters. The average molecular weight is 196 g/mol. The van der Waals surface area contributed by atoms with Gasteiger partial charge >= 0.3 is 0 Å². The number of thiol groups is 1. The molecule has 10 heavy (non-hydrogen) atoms. The second kappa shape index (κ2) is 5.67. The number of hydrogen-bond acceptors (Lipinski definition) is 3. The van der Waals surface area contributed by atoms with Crippen molar-refractivity contribution in [2.45, 2.75) is 31.4 Å². The highest BCUT2D eigenvalue weighted by Crippen LogP contribution is 2.23. The summed E-state index contributed by atoms with van der Waals surface area (Å²) in [6, 6.07) is 0. The molecule has 0 bridgehead atoms. The molecule has 0 aromatic rings. The molecule has 0 saturated heterocycles. The van der Waals surface area contributed by atoms with Crippen molar-refractivity contribution in [1.82, 2.24) is 0 Å². The van der Waals surface area contributed by atoms with Crippen LogP contribution in [0.3, 0.4) is 0 Å². The topological polar surface area (TPSA) is 0 Å². The maximum atomic E-state index is 4.44. The van der Waals surface area contributed by atoms with Crippen molar-refractivity contribution >= 4 is 34.2 Å². The van der Waals surface area contributed by atoms with Gasteiger partial charge in [-0.1, -0.05) is 35.4 Å². The highest BCUT2D eigenvalue weighted by Gasteiger charge is 2.09. The van der Waals surface area contributed by atoms with Gasteiger partial charge in [0.1, 0.15) is 0 Å². The van der Waals surface area contributed by atoms with Gasteiger partial charge in [0.15, 0.2) is 0 Å². The molecule has 0 N–H and O–H groups in total. The normalized spacial score (nSPS) is 12.0. The highest BCUT2D eigenvalue weighted by molar-refractivity contribution is 8.76. The number of hydrogen-bond donors (Lipinski definition) is 1. The smallest absolute Gasteiger partial charge is 0.00734 e. The molecule has 3 heteroatoms. The lowest BCUT2D eigenvalue weighted by molar-refractivity contribution is 0.636. The Bertz CT molecular complexity index is 75.4. The van der Waals surface area contributed by atoms with Crippen molar-refractivity contribution in [2.75, 3.05) is 12.0 Å². The standard InChI is InChI=1S/C7H16S3/c1-7(2,8)5-4-6-10-9-3/h8H,4-6H2,1-3H3. The Balaban J connectivity index is 3.04. The van der Waals surface area contributed by atoms with Crippen molar-refractivity contribution in [3.05, 3.63) is 0 Å². The first-order chi connectivity index (χ1) is 4.56. The van der Waals surface area contributed by atoms with Gasteiger partial charge in [0, 0.05) is 10.5 Å². The Kier molecular flexibility index (Phi) is 6.26. The van der Waals surface area contributed by atoms with Gasteiger partial charge in [0.05, 0.1) is 0 Å². The summed E-state index contributed by atoms with van der Waals surface area (Å²) >= 11 is 4.44. The van der Waals surface area contributed by atoms with Gasteiger partial charge in [0.2, 0.25) is 0 Å². The van der Waals surface area contributed by atoms with Crippen molar-refractivity contribution in [3.63, 3.8) is 0 Å². The summed E-state index contributed by atoms with van der Waals surface area (Å²) in [6.07, 6.45) is 4.61. The van der Waals surface area contributed by atoms with Crippen LogP contribution in [-0.4, -0.2) is 16.8 Å². The molecule has 0 heterocycles. The Morgan fingerprint density at radius 3 is 2.40 bits per heavy atom. The SMILES string of the molecule is CSSCCCC(C)(C)S. The maximum Gasteiger partial charge on any atom is 0.00734 e. The van der Waals surface area contributed by atoms with Gasteiger partial charge in [-0.05, 0) is 19.1 Å². The number of rotatable bonds is 5. The third-order valence-corrected chi connectivity index (χ3v) is 3.26. The minimum absolute atomic E-state index is 0.221. The van der Waals surface area contributed by atoms with E-state index in [0.717, 1.165) is 0 Å². The molecule has 0 saturated carbocycles. The second-order valence-electron chi connectivity index (χ2n) is 2.90. The minimum Gasteiger partial charge on any atom is -0.173 e. The van der Waals surface area contributed by atoms with Crippen LogP contribution in [0.2, 0.25) is 0 Å². The molecule has 0 aliphatic heterocycles. The van der Waals surface area contributed by atoms with E-state index in [1.807, 2.05) is 21.6 Å². The molecule has 0 spiro atoms. The molecule has 0 atom stereocenters. The predicted molar refractivity (Wildman–Crippen MR) is 58.3 cm³/mol. The Hall–Kier alpha value is 1.05. The molecular formula is C7H16S3. The van der Waals surface area contributed by atoms with Crippen molar-refractivity contribution < 1.29 is 0 Å². The first-order valence-corrected chi connectivity index (χ1v) is 6.62. The second-order valence-corrected chi connectivity index (χ2v) is 6.80. The Labute approximate surface area is 77.7 Å². The van der Waals surface area contributed by atoms with E-state index in [1.165, 1.54) is 18.6 Å². The van der Waals surface area contributed by atoms with Gasteiger partial charge in [-0.15, -0.1) is 0 Å². The van der Waals surface area contributed by atoms with Gasteiger partial charge in [-0.2, -0.15) is 12.6 Å². The highest BCUT2D eigenvalue weighted by atomic mass is 33.1. The lowest BCUT2D eigenvalue weighted by Gasteiger charge is -2.15. The fourth-order valence-corrected chi connectivity index (χ4v) is 2.09. The van der Waals surface area contributed by atoms with Crippen LogP contribution in [0.1, 0.15) is 26.7 Å². The van der Waals surface area contributed by atoms with Crippen molar-refractivity contribution in [3.8, 4) is 0 Å². The van der Waals surface area contributed by atoms with Crippen LogP contribution in [0.25, 0.3) is 0 Å². The van der Waals surface area contributed by atoms with Crippen molar-refractivity contribution in [2.24, 2.45) is 0 Å². The molecule has 0 aliphatic carbocycles. The summed E-state index contributed by atoms with van der Waals surface area (Å²) in [6.45, 7) is 4.33. The molecule has 0 aliphatic rings. The van der Waals surface area contributed by atoms with E-state index in [1.54, 1.807) is 0 Å². The molecule has 0 nitrogen and oxygen atoms in total. The summed E-state index contributed by atoms with van der Waals surface area (Å²) in [4.78, 5) is 0. The maximum absolute atomic E-state index is 4.44. The van der Waals surface area contributed by atoms with Crippen LogP contribution in [-0.2, 0) is 0 Å². The van der Waals surface area contributed by atoms with Crippen molar-refractivity contribution in [1.29, 1.82) is 0 Å². The van der Waals surface area contributed by atoms with E-state index < -0.39 is 0 Å². The monoisotopic (exact) mass is 196 g/mol. The lowest BCUT2D eigenvalue weighted by Crippen LogP contribution is -2.09. The molecular weight excluding hydrogens is 180 g/mol. The first-order valence-electron chi connectivity index (χ1n) is 3.44. The van der Waals surface area contributed by atoms with E-state index >= 15 is 0 Å². The summed E-state index contributed by atoms with van der Waals surface area (Å²) in [5, 5.41) is 0. The molecule has 0 aromatic carbocycles.